The molecule has 3 aliphatic heterocycles. The van der Waals surface area contributed by atoms with Crippen LogP contribution in [0.5, 0.6) is 0 Å². The zero-order valence-electron chi connectivity index (χ0n) is 22.9. The van der Waals surface area contributed by atoms with Gasteiger partial charge in [0, 0.05) is 82.1 Å². The van der Waals surface area contributed by atoms with Gasteiger partial charge in [-0.2, -0.15) is 13.2 Å². The van der Waals surface area contributed by atoms with Gasteiger partial charge in [-0.3, -0.25) is 4.90 Å². The molecule has 3 N–H and O–H groups in total. The first-order valence-electron chi connectivity index (χ1n) is 13.7. The maximum absolute atomic E-state index is 13.9. The Morgan fingerprint density at radius 1 is 0.975 bits per heavy atom. The van der Waals surface area contributed by atoms with Gasteiger partial charge in [-0.05, 0) is 48.0 Å². The summed E-state index contributed by atoms with van der Waals surface area (Å²) in [6.45, 7) is 16.0. The summed E-state index contributed by atoms with van der Waals surface area (Å²) in [6, 6.07) is 14.7. The molecule has 0 bridgehead atoms. The molecule has 9 heteroatoms. The highest BCUT2D eigenvalue weighted by atomic mass is 19.4. The Labute approximate surface area is 234 Å². The van der Waals surface area contributed by atoms with Crippen LogP contribution >= 0.6 is 0 Å². The normalized spacial score (nSPS) is 19.1. The molecule has 2 aromatic carbocycles. The minimum Gasteiger partial charge on any atom is -0.367 e. The van der Waals surface area contributed by atoms with E-state index in [0.717, 1.165) is 87.5 Å². The number of piperazine rings is 2. The fourth-order valence-electron chi connectivity index (χ4n) is 5.37. The number of dihydropyridines is 1. The second-order valence-electron chi connectivity index (χ2n) is 10.6. The molecule has 2 saturated heterocycles. The van der Waals surface area contributed by atoms with E-state index in [1.54, 1.807) is 0 Å². The molecule has 0 unspecified atom stereocenters. The Morgan fingerprint density at radius 3 is 2.42 bits per heavy atom. The van der Waals surface area contributed by atoms with Crippen LogP contribution in [0.1, 0.15) is 5.56 Å². The summed E-state index contributed by atoms with van der Waals surface area (Å²) >= 11 is 0. The molecule has 5 rings (SSSR count). The van der Waals surface area contributed by atoms with Gasteiger partial charge in [-0.25, -0.2) is 0 Å². The zero-order valence-corrected chi connectivity index (χ0v) is 22.9. The Morgan fingerprint density at radius 2 is 1.70 bits per heavy atom. The van der Waals surface area contributed by atoms with Gasteiger partial charge in [-0.1, -0.05) is 37.4 Å². The van der Waals surface area contributed by atoms with Crippen molar-refractivity contribution in [1.29, 1.82) is 0 Å². The van der Waals surface area contributed by atoms with Crippen LogP contribution < -0.4 is 20.9 Å². The van der Waals surface area contributed by atoms with Crippen LogP contribution in [0.15, 0.2) is 90.4 Å². The van der Waals surface area contributed by atoms with Gasteiger partial charge in [-0.15, -0.1) is 0 Å². The summed E-state index contributed by atoms with van der Waals surface area (Å²) in [5, 5.41) is 9.45. The molecule has 0 atom stereocenters. The van der Waals surface area contributed by atoms with E-state index in [-0.39, 0.29) is 17.0 Å². The van der Waals surface area contributed by atoms with Gasteiger partial charge >= 0.3 is 6.18 Å². The van der Waals surface area contributed by atoms with E-state index in [9.17, 15) is 13.2 Å². The lowest BCUT2D eigenvalue weighted by atomic mass is 9.98. The van der Waals surface area contributed by atoms with E-state index >= 15 is 0 Å². The summed E-state index contributed by atoms with van der Waals surface area (Å²) < 4.78 is 41.7. The van der Waals surface area contributed by atoms with Crippen molar-refractivity contribution in [3.8, 4) is 11.1 Å². The highest BCUT2D eigenvalue weighted by Crippen LogP contribution is 2.39. The lowest BCUT2D eigenvalue weighted by molar-refractivity contribution is -0.0893. The van der Waals surface area contributed by atoms with Crippen LogP contribution in [0, 0.1) is 0 Å². The van der Waals surface area contributed by atoms with Crippen LogP contribution in [0.4, 0.5) is 24.5 Å². The number of rotatable bonds is 7. The largest absolute Gasteiger partial charge is 0.417 e. The smallest absolute Gasteiger partial charge is 0.367 e. The van der Waals surface area contributed by atoms with E-state index in [1.165, 1.54) is 11.8 Å². The topological polar surface area (TPSA) is 45.8 Å². The van der Waals surface area contributed by atoms with Crippen molar-refractivity contribution in [2.24, 2.45) is 0 Å². The Bertz CT molecular complexity index is 1310. The molecule has 3 heterocycles. The molecule has 3 aliphatic rings. The van der Waals surface area contributed by atoms with Crippen LogP contribution in [0.2, 0.25) is 0 Å². The van der Waals surface area contributed by atoms with Crippen LogP contribution in [0.3, 0.4) is 0 Å². The molecular weight excluding hydrogens is 513 g/mol. The average molecular weight is 551 g/mol. The second-order valence-corrected chi connectivity index (χ2v) is 10.6. The second kappa shape index (κ2) is 11.9. The lowest BCUT2D eigenvalue weighted by Gasteiger charge is -2.35. The number of likely N-dealkylation sites (N-methyl/N-ethyl adjacent to an activating group) is 1. The minimum atomic E-state index is -4.53. The summed E-state index contributed by atoms with van der Waals surface area (Å²) in [5.41, 5.74) is 4.52. The van der Waals surface area contributed by atoms with E-state index in [0.29, 0.717) is 0 Å². The first-order valence-corrected chi connectivity index (χ1v) is 13.7. The van der Waals surface area contributed by atoms with Gasteiger partial charge in [0.1, 0.15) is 0 Å². The van der Waals surface area contributed by atoms with E-state index in [2.05, 4.69) is 87.3 Å². The van der Waals surface area contributed by atoms with Crippen molar-refractivity contribution in [2.75, 3.05) is 69.6 Å². The molecule has 0 amide bonds. The molecule has 0 aromatic heterocycles. The first-order chi connectivity index (χ1) is 19.2. The quantitative estimate of drug-likeness (QED) is 0.455. The summed E-state index contributed by atoms with van der Waals surface area (Å²) in [4.78, 5) is 6.98. The highest BCUT2D eigenvalue weighted by Gasteiger charge is 2.38. The zero-order chi connectivity index (χ0) is 28.3. The van der Waals surface area contributed by atoms with Crippen molar-refractivity contribution in [2.45, 2.75) is 12.7 Å². The SMILES string of the molecule is C=C1C=C(C(F)(F)F)C(C(=C)Nc2cc(-c3cccc(CN4CCNCC4)c3)ccc2N2CCN(C)CC2)=CN1. The molecule has 40 heavy (non-hydrogen) atoms. The van der Waals surface area contributed by atoms with Gasteiger partial charge in [0.15, 0.2) is 0 Å². The number of nitrogens with zero attached hydrogens (tertiary/aromatic N) is 3. The summed E-state index contributed by atoms with van der Waals surface area (Å²) in [5.74, 6) is 0. The molecule has 2 fully saturated rings. The van der Waals surface area contributed by atoms with Gasteiger partial charge in [0.25, 0.3) is 0 Å². The Hall–Kier alpha value is -3.53. The monoisotopic (exact) mass is 550 g/mol. The fourth-order valence-corrected chi connectivity index (χ4v) is 5.37. The summed E-state index contributed by atoms with van der Waals surface area (Å²) in [6.07, 6.45) is -2.20. The number of hydrogen-bond donors (Lipinski definition) is 3. The third-order valence-corrected chi connectivity index (χ3v) is 7.64. The highest BCUT2D eigenvalue weighted by molar-refractivity contribution is 5.80. The minimum absolute atomic E-state index is 0.0346. The number of alkyl halides is 3. The van der Waals surface area contributed by atoms with Gasteiger partial charge in [0.2, 0.25) is 0 Å². The Balaban J connectivity index is 1.45. The molecule has 0 radical (unpaired) electrons. The first kappa shape index (κ1) is 28.0. The van der Waals surface area contributed by atoms with Crippen molar-refractivity contribution in [3.63, 3.8) is 0 Å². The number of nitrogens with one attached hydrogen (secondary N) is 3. The maximum Gasteiger partial charge on any atom is 0.417 e. The molecule has 0 spiro atoms. The number of benzene rings is 2. The molecule has 0 saturated carbocycles. The van der Waals surface area contributed by atoms with Crippen molar-refractivity contribution < 1.29 is 13.2 Å². The van der Waals surface area contributed by atoms with E-state index in [1.807, 2.05) is 6.07 Å². The molecule has 6 nitrogen and oxygen atoms in total. The lowest BCUT2D eigenvalue weighted by Crippen LogP contribution is -2.44. The van der Waals surface area contributed by atoms with Crippen LogP contribution in [0.25, 0.3) is 11.1 Å². The molecule has 2 aromatic rings. The standard InChI is InChI=1S/C31H37F3N6/c1-22-17-28(31(32,33)34)27(20-36-22)23(2)37-29-19-26(7-8-30(29)40-15-13-38(3)14-16-40)25-6-4-5-24(18-25)21-39-11-9-35-10-12-39/h4-8,17-20,35-37H,1-2,9-16,21H2,3H3. The fraction of sp³-hybridized carbons (Fsp3) is 0.355. The number of hydrogen-bond acceptors (Lipinski definition) is 6. The van der Waals surface area contributed by atoms with Crippen molar-refractivity contribution in [1.82, 2.24) is 20.4 Å². The third-order valence-electron chi connectivity index (χ3n) is 7.64. The number of allylic oxidation sites excluding steroid dienone is 2. The van der Waals surface area contributed by atoms with Gasteiger partial charge in [0.05, 0.1) is 16.9 Å². The average Bonchev–Trinajstić information content (AvgIpc) is 2.94. The third kappa shape index (κ3) is 6.60. The summed E-state index contributed by atoms with van der Waals surface area (Å²) in [7, 11) is 2.09. The predicted octanol–water partition coefficient (Wildman–Crippen LogP) is 4.93. The van der Waals surface area contributed by atoms with Crippen molar-refractivity contribution in [3.05, 3.63) is 96.0 Å². The van der Waals surface area contributed by atoms with E-state index in [4.69, 9.17) is 0 Å². The predicted molar refractivity (Wildman–Crippen MR) is 157 cm³/mol. The number of anilines is 2. The van der Waals surface area contributed by atoms with Gasteiger partial charge < -0.3 is 25.8 Å². The molecular formula is C31H37F3N6. The number of halogens is 3. The maximum atomic E-state index is 13.9. The molecule has 0 aliphatic carbocycles. The van der Waals surface area contributed by atoms with Crippen molar-refractivity contribution >= 4 is 11.4 Å². The molecule has 212 valence electrons. The Kier molecular flexibility index (Phi) is 8.35. The van der Waals surface area contributed by atoms with Crippen LogP contribution in [-0.2, 0) is 6.54 Å². The van der Waals surface area contributed by atoms with Crippen LogP contribution in [-0.4, -0.2) is 75.4 Å². The van der Waals surface area contributed by atoms with E-state index < -0.39 is 11.7 Å².